The van der Waals surface area contributed by atoms with E-state index in [4.69, 9.17) is 5.73 Å². The normalized spacial score (nSPS) is 19.5. The van der Waals surface area contributed by atoms with Crippen molar-refractivity contribution in [1.82, 2.24) is 14.9 Å². The fourth-order valence-corrected chi connectivity index (χ4v) is 3.85. The van der Waals surface area contributed by atoms with Crippen LogP contribution in [0.2, 0.25) is 0 Å². The first-order valence-electron chi connectivity index (χ1n) is 6.08. The molecule has 0 bridgehead atoms. The second-order valence-electron chi connectivity index (χ2n) is 4.58. The van der Waals surface area contributed by atoms with Crippen LogP contribution in [0.1, 0.15) is 34.5 Å². The zero-order valence-corrected chi connectivity index (χ0v) is 13.2. The van der Waals surface area contributed by atoms with Gasteiger partial charge >= 0.3 is 0 Å². The fourth-order valence-electron chi connectivity index (χ4n) is 2.48. The zero-order valence-electron chi connectivity index (χ0n) is 10.7. The van der Waals surface area contributed by atoms with Gasteiger partial charge in [0.05, 0.1) is 16.7 Å². The Hall–Kier alpha value is -0.690. The van der Waals surface area contributed by atoms with E-state index in [2.05, 4.69) is 27.2 Å². The predicted octanol–water partition coefficient (Wildman–Crippen LogP) is 3.25. The van der Waals surface area contributed by atoms with Gasteiger partial charge in [-0.1, -0.05) is 0 Å². The Balaban J connectivity index is 0.00000133. The average Bonchev–Trinajstić information content (AvgIpc) is 3.01. The van der Waals surface area contributed by atoms with E-state index in [1.807, 2.05) is 6.20 Å². The molecule has 1 fully saturated rings. The monoisotopic (exact) mass is 316 g/mol. The van der Waals surface area contributed by atoms with Crippen LogP contribution in [-0.4, -0.2) is 21.4 Å². The minimum Gasteiger partial charge on any atom is -0.375 e. The molecule has 19 heavy (non-hydrogen) atoms. The second-order valence-corrected chi connectivity index (χ2v) is 6.79. The van der Waals surface area contributed by atoms with Crippen LogP contribution in [-0.2, 0) is 6.54 Å². The predicted molar refractivity (Wildman–Crippen MR) is 83.0 cm³/mol. The van der Waals surface area contributed by atoms with Gasteiger partial charge in [0.2, 0.25) is 0 Å². The van der Waals surface area contributed by atoms with E-state index in [1.165, 1.54) is 23.4 Å². The summed E-state index contributed by atoms with van der Waals surface area (Å²) in [7, 11) is 0. The lowest BCUT2D eigenvalue weighted by Gasteiger charge is -2.22. The molecule has 1 aliphatic rings. The molecule has 4 nitrogen and oxygen atoms in total. The minimum atomic E-state index is 0. The summed E-state index contributed by atoms with van der Waals surface area (Å²) in [5, 5.41) is 4.00. The largest absolute Gasteiger partial charge is 0.375 e. The van der Waals surface area contributed by atoms with E-state index in [0.29, 0.717) is 11.2 Å². The summed E-state index contributed by atoms with van der Waals surface area (Å²) in [6.07, 6.45) is 4.34. The molecule has 0 amide bonds. The van der Waals surface area contributed by atoms with Crippen molar-refractivity contribution in [3.05, 3.63) is 27.2 Å². The number of hydrogen-bond donors (Lipinski definition) is 1. The summed E-state index contributed by atoms with van der Waals surface area (Å²) in [5.74, 6) is 0. The number of anilines is 1. The smallest absolute Gasteiger partial charge is 0.180 e. The summed E-state index contributed by atoms with van der Waals surface area (Å²) in [6.45, 7) is 4.15. The minimum absolute atomic E-state index is 0. The maximum Gasteiger partial charge on any atom is 0.180 e. The van der Waals surface area contributed by atoms with Gasteiger partial charge in [0.1, 0.15) is 0 Å². The van der Waals surface area contributed by atoms with Crippen molar-refractivity contribution in [1.29, 1.82) is 0 Å². The third kappa shape index (κ3) is 3.25. The van der Waals surface area contributed by atoms with E-state index < -0.39 is 0 Å². The molecule has 0 radical (unpaired) electrons. The highest BCUT2D eigenvalue weighted by Gasteiger charge is 2.28. The number of halogens is 1. The highest BCUT2D eigenvalue weighted by atomic mass is 35.5. The molecule has 2 N–H and O–H groups in total. The number of thiazole rings is 2. The Bertz CT molecular complexity index is 539. The molecule has 1 aliphatic heterocycles. The van der Waals surface area contributed by atoms with E-state index in [9.17, 15) is 0 Å². The number of nitrogens with zero attached hydrogens (tertiary/aromatic N) is 3. The van der Waals surface area contributed by atoms with Gasteiger partial charge in [0.25, 0.3) is 0 Å². The van der Waals surface area contributed by atoms with Crippen LogP contribution < -0.4 is 5.73 Å². The van der Waals surface area contributed by atoms with Crippen LogP contribution in [0.5, 0.6) is 0 Å². The Morgan fingerprint density at radius 2 is 2.37 bits per heavy atom. The van der Waals surface area contributed by atoms with Crippen LogP contribution in [0.25, 0.3) is 0 Å². The number of hydrogen-bond acceptors (Lipinski definition) is 6. The van der Waals surface area contributed by atoms with Crippen molar-refractivity contribution < 1.29 is 0 Å². The number of nitrogens with two attached hydrogens (primary N) is 1. The van der Waals surface area contributed by atoms with Crippen molar-refractivity contribution in [2.45, 2.75) is 32.4 Å². The van der Waals surface area contributed by atoms with Gasteiger partial charge in [-0.05, 0) is 26.3 Å². The van der Waals surface area contributed by atoms with Gasteiger partial charge in [-0.2, -0.15) is 0 Å². The maximum absolute atomic E-state index is 5.68. The molecule has 7 heteroatoms. The number of likely N-dealkylation sites (tertiary alicyclic amines) is 1. The Labute approximate surface area is 127 Å². The molecular formula is C12H17ClN4S2. The molecule has 0 spiro atoms. The molecule has 0 aromatic carbocycles. The van der Waals surface area contributed by atoms with Gasteiger partial charge in [-0.15, -0.1) is 35.1 Å². The molecule has 3 rings (SSSR count). The van der Waals surface area contributed by atoms with Crippen molar-refractivity contribution in [3.63, 3.8) is 0 Å². The first kappa shape index (κ1) is 14.7. The number of rotatable bonds is 3. The summed E-state index contributed by atoms with van der Waals surface area (Å²) < 4.78 is 0. The van der Waals surface area contributed by atoms with Crippen LogP contribution in [0, 0.1) is 6.92 Å². The summed E-state index contributed by atoms with van der Waals surface area (Å²) in [5.41, 5.74) is 6.91. The first-order chi connectivity index (χ1) is 8.72. The molecular weight excluding hydrogens is 300 g/mol. The van der Waals surface area contributed by atoms with Crippen LogP contribution in [0.15, 0.2) is 11.6 Å². The van der Waals surface area contributed by atoms with Gasteiger partial charge in [-0.3, -0.25) is 4.90 Å². The van der Waals surface area contributed by atoms with Crippen LogP contribution in [0.3, 0.4) is 0 Å². The van der Waals surface area contributed by atoms with E-state index in [1.54, 1.807) is 22.7 Å². The van der Waals surface area contributed by atoms with Crippen molar-refractivity contribution >= 4 is 40.2 Å². The zero-order chi connectivity index (χ0) is 12.5. The van der Waals surface area contributed by atoms with E-state index in [0.717, 1.165) is 18.1 Å². The Morgan fingerprint density at radius 1 is 1.53 bits per heavy atom. The Kier molecular flexibility index (Phi) is 4.78. The summed E-state index contributed by atoms with van der Waals surface area (Å²) in [6, 6.07) is 0.471. The number of aromatic nitrogens is 2. The lowest BCUT2D eigenvalue weighted by Crippen LogP contribution is -2.22. The standard InChI is InChI=1S/C12H16N4S2.ClH/c1-8-15-10(7-17-8)11-3-2-4-16(11)6-9-5-14-12(13)18-9;/h5,7,11H,2-4,6H2,1H3,(H2,13,14);1H/t11-;/m1./s1. The third-order valence-electron chi connectivity index (χ3n) is 3.27. The highest BCUT2D eigenvalue weighted by molar-refractivity contribution is 7.15. The van der Waals surface area contributed by atoms with Gasteiger partial charge in [0, 0.05) is 23.0 Å². The molecule has 1 saturated heterocycles. The van der Waals surface area contributed by atoms with Gasteiger partial charge in [-0.25, -0.2) is 9.97 Å². The molecule has 0 unspecified atom stereocenters. The van der Waals surface area contributed by atoms with Crippen LogP contribution >= 0.6 is 35.1 Å². The number of aryl methyl sites for hydroxylation is 1. The topological polar surface area (TPSA) is 55.0 Å². The molecule has 2 aromatic rings. The molecule has 0 aliphatic carbocycles. The maximum atomic E-state index is 5.68. The SMILES string of the molecule is Cc1nc([C@H]2CCCN2Cc2cnc(N)s2)cs1.Cl. The summed E-state index contributed by atoms with van der Waals surface area (Å²) >= 11 is 3.32. The van der Waals surface area contributed by atoms with Crippen molar-refractivity contribution in [2.24, 2.45) is 0 Å². The van der Waals surface area contributed by atoms with Crippen molar-refractivity contribution in [2.75, 3.05) is 12.3 Å². The van der Waals surface area contributed by atoms with Crippen LogP contribution in [0.4, 0.5) is 5.13 Å². The second kappa shape index (κ2) is 6.17. The lowest BCUT2D eigenvalue weighted by molar-refractivity contribution is 0.247. The van der Waals surface area contributed by atoms with Gasteiger partial charge in [0.15, 0.2) is 5.13 Å². The molecule has 1 atom stereocenters. The Morgan fingerprint density at radius 3 is 3.00 bits per heavy atom. The molecule has 2 aromatic heterocycles. The fraction of sp³-hybridized carbons (Fsp3) is 0.500. The van der Waals surface area contributed by atoms with E-state index in [-0.39, 0.29) is 12.4 Å². The highest BCUT2D eigenvalue weighted by Crippen LogP contribution is 2.34. The van der Waals surface area contributed by atoms with Gasteiger partial charge < -0.3 is 5.73 Å². The third-order valence-corrected chi connectivity index (χ3v) is 4.88. The molecule has 3 heterocycles. The first-order valence-corrected chi connectivity index (χ1v) is 7.78. The lowest BCUT2D eigenvalue weighted by atomic mass is 10.1. The molecule has 104 valence electrons. The van der Waals surface area contributed by atoms with E-state index >= 15 is 0 Å². The average molecular weight is 317 g/mol. The molecule has 0 saturated carbocycles. The summed E-state index contributed by atoms with van der Waals surface area (Å²) in [4.78, 5) is 12.5. The quantitative estimate of drug-likeness (QED) is 0.944. The van der Waals surface area contributed by atoms with Crippen molar-refractivity contribution in [3.8, 4) is 0 Å². The number of nitrogen functional groups attached to an aromatic ring is 1.